The fourth-order valence-electron chi connectivity index (χ4n) is 6.60. The van der Waals surface area contributed by atoms with Crippen LogP contribution in [0.2, 0.25) is 0 Å². The molecule has 3 aromatic carbocycles. The first-order valence-corrected chi connectivity index (χ1v) is 20.0. The lowest BCUT2D eigenvalue weighted by Crippen LogP contribution is -2.44. The predicted octanol–water partition coefficient (Wildman–Crippen LogP) is 8.55. The number of nitrogens with zero attached hydrogens (tertiary/aromatic N) is 3. The normalized spacial score (nSPS) is 14.8. The number of nitrogens with one attached hydrogen (secondary N) is 2. The summed E-state index contributed by atoms with van der Waals surface area (Å²) in [6.07, 6.45) is -4.30. The van der Waals surface area contributed by atoms with Gasteiger partial charge in [-0.25, -0.2) is 19.4 Å². The molecule has 2 aliphatic rings. The Morgan fingerprint density at radius 2 is 1.81 bits per heavy atom. The average Bonchev–Trinajstić information content (AvgIpc) is 3.20. The monoisotopic (exact) mass is 859 g/mol. The van der Waals surface area contributed by atoms with Crippen LogP contribution in [0.1, 0.15) is 60.7 Å². The SMILES string of the molecule is [C-]#[N+]c1ccc2c(c1)CCCOc1cc(ccc1CC(=O)Nc1c(NCC3CCO3)cc(C(=O)OC)cc1OCCN(CC(F)(F)F)C(=O)OC(C)(C)C)-c1cccc(n1)OC2. The van der Waals surface area contributed by atoms with Gasteiger partial charge in [0.2, 0.25) is 11.8 Å². The first-order chi connectivity index (χ1) is 29.6. The Labute approximate surface area is 357 Å². The first-order valence-electron chi connectivity index (χ1n) is 20.0. The molecule has 14 nitrogen and oxygen atoms in total. The van der Waals surface area contributed by atoms with Gasteiger partial charge in [-0.3, -0.25) is 9.69 Å². The molecule has 0 radical (unpaired) electrons. The number of halogens is 3. The van der Waals surface area contributed by atoms with Crippen LogP contribution in [0.3, 0.4) is 0 Å². The minimum Gasteiger partial charge on any atom is -0.493 e. The van der Waals surface area contributed by atoms with Crippen LogP contribution in [0.5, 0.6) is 17.4 Å². The molecular weight excluding hydrogens is 812 g/mol. The highest BCUT2D eigenvalue weighted by molar-refractivity contribution is 6.00. The van der Waals surface area contributed by atoms with Crippen LogP contribution in [0.4, 0.5) is 35.0 Å². The molecule has 62 heavy (non-hydrogen) atoms. The van der Waals surface area contributed by atoms with Crippen molar-refractivity contribution in [3.8, 4) is 28.6 Å². The maximum absolute atomic E-state index is 14.1. The van der Waals surface area contributed by atoms with Gasteiger partial charge >= 0.3 is 18.2 Å². The molecule has 0 saturated carbocycles. The number of esters is 1. The van der Waals surface area contributed by atoms with Crippen molar-refractivity contribution < 1.29 is 56.0 Å². The van der Waals surface area contributed by atoms with Gasteiger partial charge in [0.15, 0.2) is 5.69 Å². The van der Waals surface area contributed by atoms with Crippen molar-refractivity contribution in [2.75, 3.05) is 57.2 Å². The molecule has 2 aliphatic heterocycles. The number of benzene rings is 3. The molecule has 1 aromatic heterocycles. The van der Waals surface area contributed by atoms with Crippen molar-refractivity contribution in [1.29, 1.82) is 0 Å². The molecule has 2 amide bonds. The molecule has 0 spiro atoms. The first kappa shape index (κ1) is 45.0. The van der Waals surface area contributed by atoms with Crippen LogP contribution < -0.4 is 24.8 Å². The number of carbonyl (C=O) groups excluding carboxylic acids is 3. The van der Waals surface area contributed by atoms with Crippen molar-refractivity contribution in [1.82, 2.24) is 9.88 Å². The molecule has 3 heterocycles. The Balaban J connectivity index is 1.28. The van der Waals surface area contributed by atoms with Gasteiger partial charge in [0.25, 0.3) is 0 Å². The summed E-state index contributed by atoms with van der Waals surface area (Å²) in [6.45, 7) is 10.9. The van der Waals surface area contributed by atoms with Crippen LogP contribution in [-0.4, -0.2) is 92.3 Å². The quantitative estimate of drug-likeness (QED) is 0.104. The van der Waals surface area contributed by atoms with E-state index in [1.807, 2.05) is 30.3 Å². The minimum absolute atomic E-state index is 0.0266. The summed E-state index contributed by atoms with van der Waals surface area (Å²) >= 11 is 0. The summed E-state index contributed by atoms with van der Waals surface area (Å²) < 4.78 is 74.9. The maximum Gasteiger partial charge on any atom is 0.410 e. The number of fused-ring (bicyclic) bond motifs is 6. The Hall–Kier alpha value is -6.54. The minimum atomic E-state index is -4.74. The lowest BCUT2D eigenvalue weighted by atomic mass is 10.0. The fourth-order valence-corrected chi connectivity index (χ4v) is 6.60. The van der Waals surface area contributed by atoms with E-state index in [1.165, 1.54) is 40.0 Å². The van der Waals surface area contributed by atoms with Gasteiger partial charge < -0.3 is 39.1 Å². The Kier molecular flexibility index (Phi) is 14.4. The molecule has 2 N–H and O–H groups in total. The molecule has 1 unspecified atom stereocenters. The van der Waals surface area contributed by atoms with Crippen molar-refractivity contribution in [2.45, 2.75) is 70.9 Å². The highest BCUT2D eigenvalue weighted by Crippen LogP contribution is 2.37. The standard InChI is InChI=1S/C45H48F3N5O9/c1-44(2,3)62-43(56)53(27-45(46,47)48)16-19-60-38-23-32(42(55)57-5)21-36(50-25-34-15-18-58-34)41(38)52-39(54)24-30-12-11-29-22-37(30)59-17-7-8-28-20-33(49-4)14-13-31(28)26-61-40-10-6-9-35(29)51-40/h6,9-14,20-23,34,50H,7-8,15-19,24-27H2,1-3,5H3,(H,52,54). The number of amides is 2. The molecule has 328 valence electrons. The van der Waals surface area contributed by atoms with E-state index in [9.17, 15) is 27.6 Å². The molecule has 4 aromatic rings. The second-order valence-corrected chi connectivity index (χ2v) is 15.6. The second-order valence-electron chi connectivity index (χ2n) is 15.6. The summed E-state index contributed by atoms with van der Waals surface area (Å²) in [6, 6.07) is 19.0. The van der Waals surface area contributed by atoms with E-state index in [4.69, 9.17) is 40.0 Å². The number of carbonyl (C=O) groups is 3. The number of hydrogen-bond acceptors (Lipinski definition) is 11. The van der Waals surface area contributed by atoms with Gasteiger partial charge in [0.1, 0.15) is 42.5 Å². The van der Waals surface area contributed by atoms with E-state index in [-0.39, 0.29) is 48.4 Å². The van der Waals surface area contributed by atoms with Crippen LogP contribution >= 0.6 is 0 Å². The second kappa shape index (κ2) is 19.9. The average molecular weight is 860 g/mol. The number of anilines is 2. The van der Waals surface area contributed by atoms with E-state index < -0.39 is 49.4 Å². The number of rotatable bonds is 12. The topological polar surface area (TPSA) is 151 Å². The molecule has 1 fully saturated rings. The zero-order chi connectivity index (χ0) is 44.4. The summed E-state index contributed by atoms with van der Waals surface area (Å²) in [4.78, 5) is 48.5. The summed E-state index contributed by atoms with van der Waals surface area (Å²) in [5.74, 6) is -0.483. The van der Waals surface area contributed by atoms with Gasteiger partial charge in [-0.05, 0) is 69.9 Å². The largest absolute Gasteiger partial charge is 0.493 e. The van der Waals surface area contributed by atoms with E-state index >= 15 is 0 Å². The highest BCUT2D eigenvalue weighted by Gasteiger charge is 2.35. The van der Waals surface area contributed by atoms with Crippen molar-refractivity contribution >= 4 is 35.0 Å². The lowest BCUT2D eigenvalue weighted by molar-refractivity contribution is -0.145. The third-order valence-corrected chi connectivity index (χ3v) is 9.72. The van der Waals surface area contributed by atoms with E-state index in [0.29, 0.717) is 59.5 Å². The third-order valence-electron chi connectivity index (χ3n) is 9.72. The van der Waals surface area contributed by atoms with Crippen LogP contribution in [0.25, 0.3) is 16.1 Å². The Morgan fingerprint density at radius 3 is 2.52 bits per heavy atom. The van der Waals surface area contributed by atoms with E-state index in [2.05, 4.69) is 15.5 Å². The molecular formula is C45H48F3N5O9. The smallest absolute Gasteiger partial charge is 0.410 e. The fraction of sp³-hybridized carbons (Fsp3) is 0.400. The van der Waals surface area contributed by atoms with Gasteiger partial charge in [-0.1, -0.05) is 42.0 Å². The van der Waals surface area contributed by atoms with Crippen LogP contribution in [0.15, 0.2) is 66.7 Å². The van der Waals surface area contributed by atoms with Crippen molar-refractivity contribution in [3.63, 3.8) is 0 Å². The zero-order valence-electron chi connectivity index (χ0n) is 34.9. The van der Waals surface area contributed by atoms with Crippen molar-refractivity contribution in [2.24, 2.45) is 0 Å². The van der Waals surface area contributed by atoms with Gasteiger partial charge in [0, 0.05) is 30.3 Å². The molecule has 0 aliphatic carbocycles. The number of pyridine rings is 1. The Morgan fingerprint density at radius 1 is 1.00 bits per heavy atom. The molecule has 4 bridgehead atoms. The van der Waals surface area contributed by atoms with Gasteiger partial charge in [-0.15, -0.1) is 0 Å². The number of alkyl halides is 3. The van der Waals surface area contributed by atoms with Crippen LogP contribution in [-0.2, 0) is 38.5 Å². The third kappa shape index (κ3) is 12.5. The van der Waals surface area contributed by atoms with E-state index in [1.54, 1.807) is 24.3 Å². The number of ether oxygens (including phenoxy) is 6. The zero-order valence-corrected chi connectivity index (χ0v) is 34.9. The number of aromatic nitrogens is 1. The predicted molar refractivity (Wildman–Crippen MR) is 223 cm³/mol. The number of aryl methyl sites for hydroxylation is 1. The number of methoxy groups -OCH3 is 1. The van der Waals surface area contributed by atoms with Crippen molar-refractivity contribution in [3.05, 3.63) is 100 Å². The molecule has 17 heteroatoms. The van der Waals surface area contributed by atoms with Gasteiger partial charge in [-0.2, -0.15) is 13.2 Å². The molecule has 1 saturated heterocycles. The molecule has 1 atom stereocenters. The Bertz CT molecular complexity index is 2300. The van der Waals surface area contributed by atoms with E-state index in [0.717, 1.165) is 23.1 Å². The van der Waals surface area contributed by atoms with Gasteiger partial charge in [0.05, 0.1) is 56.3 Å². The summed E-state index contributed by atoms with van der Waals surface area (Å²) in [7, 11) is 1.19. The lowest BCUT2D eigenvalue weighted by Gasteiger charge is -2.29. The maximum atomic E-state index is 14.1. The highest BCUT2D eigenvalue weighted by atomic mass is 19.4. The van der Waals surface area contributed by atoms with Crippen LogP contribution in [0, 0.1) is 6.57 Å². The summed E-state index contributed by atoms with van der Waals surface area (Å²) in [5.41, 5.74) is 3.57. The molecule has 6 rings (SSSR count). The summed E-state index contributed by atoms with van der Waals surface area (Å²) in [5, 5.41) is 6.09. The number of hydrogen-bond donors (Lipinski definition) is 2.